The summed E-state index contributed by atoms with van der Waals surface area (Å²) in [6, 6.07) is 9.13. The minimum absolute atomic E-state index is 0. The summed E-state index contributed by atoms with van der Waals surface area (Å²) in [5.41, 5.74) is 2.84. The van der Waals surface area contributed by atoms with Crippen molar-refractivity contribution >= 4 is 35.6 Å². The average Bonchev–Trinajstić information content (AvgIpc) is 2.81. The quantitative estimate of drug-likeness (QED) is 0.441. The van der Waals surface area contributed by atoms with Gasteiger partial charge in [0.15, 0.2) is 5.96 Å². The Kier molecular flexibility index (Phi) is 6.77. The first-order valence-electron chi connectivity index (χ1n) is 7.24. The lowest BCUT2D eigenvalue weighted by molar-refractivity contribution is 0.476. The molecule has 4 nitrogen and oxygen atoms in total. The molecule has 2 rings (SSSR count). The van der Waals surface area contributed by atoms with Crippen molar-refractivity contribution in [2.24, 2.45) is 4.99 Å². The van der Waals surface area contributed by atoms with Gasteiger partial charge in [-0.05, 0) is 25.0 Å². The first-order chi connectivity index (χ1) is 9.50. The number of nitrogens with zero attached hydrogens (tertiary/aromatic N) is 4. The molecule has 0 bridgehead atoms. The van der Waals surface area contributed by atoms with Gasteiger partial charge in [0.05, 0.1) is 6.54 Å². The Morgan fingerprint density at radius 2 is 1.81 bits per heavy atom. The fraction of sp³-hybridized carbons (Fsp3) is 0.562. The zero-order valence-corrected chi connectivity index (χ0v) is 16.0. The highest BCUT2D eigenvalue weighted by atomic mass is 127. The van der Waals surface area contributed by atoms with Crippen molar-refractivity contribution in [3.8, 4) is 0 Å². The second-order valence-electron chi connectivity index (χ2n) is 5.85. The Balaban J connectivity index is 0.00000220. The number of hydrogen-bond acceptors (Lipinski definition) is 2. The number of anilines is 1. The fourth-order valence-electron chi connectivity index (χ4n) is 2.82. The molecule has 1 aliphatic heterocycles. The van der Waals surface area contributed by atoms with Gasteiger partial charge < -0.3 is 14.7 Å². The van der Waals surface area contributed by atoms with Gasteiger partial charge in [0.25, 0.3) is 0 Å². The van der Waals surface area contributed by atoms with E-state index in [1.807, 2.05) is 28.2 Å². The topological polar surface area (TPSA) is 22.1 Å². The predicted octanol–water partition coefficient (Wildman–Crippen LogP) is 2.53. The summed E-state index contributed by atoms with van der Waals surface area (Å²) in [6.45, 7) is 4.18. The molecule has 0 radical (unpaired) electrons. The molecule has 0 spiro atoms. The first-order valence-corrected chi connectivity index (χ1v) is 7.24. The van der Waals surface area contributed by atoms with Crippen LogP contribution in [-0.2, 0) is 6.42 Å². The average molecular weight is 402 g/mol. The monoisotopic (exact) mass is 402 g/mol. The molecular weight excluding hydrogens is 375 g/mol. The van der Waals surface area contributed by atoms with Gasteiger partial charge in [0.2, 0.25) is 0 Å². The number of benzene rings is 1. The molecule has 5 heteroatoms. The Labute approximate surface area is 145 Å². The minimum Gasteiger partial charge on any atom is -0.366 e. The van der Waals surface area contributed by atoms with Gasteiger partial charge in [-0.1, -0.05) is 18.2 Å². The van der Waals surface area contributed by atoms with E-state index in [1.165, 1.54) is 11.3 Å². The molecule has 0 N–H and O–H groups in total. The van der Waals surface area contributed by atoms with E-state index in [0.29, 0.717) is 6.04 Å². The molecule has 1 aromatic carbocycles. The third-order valence-electron chi connectivity index (χ3n) is 3.75. The van der Waals surface area contributed by atoms with Crippen LogP contribution in [0.1, 0.15) is 12.5 Å². The molecule has 21 heavy (non-hydrogen) atoms. The molecule has 1 unspecified atom stereocenters. The summed E-state index contributed by atoms with van der Waals surface area (Å²) in [6.07, 6.45) is 1.15. The summed E-state index contributed by atoms with van der Waals surface area (Å²) in [5.74, 6) is 1.02. The number of para-hydroxylation sites is 1. The fourth-order valence-corrected chi connectivity index (χ4v) is 2.82. The van der Waals surface area contributed by atoms with Crippen LogP contribution < -0.4 is 4.90 Å². The van der Waals surface area contributed by atoms with Gasteiger partial charge in [0.1, 0.15) is 0 Å². The first kappa shape index (κ1) is 18.1. The van der Waals surface area contributed by atoms with Crippen molar-refractivity contribution in [1.82, 2.24) is 9.80 Å². The van der Waals surface area contributed by atoms with Crippen LogP contribution in [0.2, 0.25) is 0 Å². The van der Waals surface area contributed by atoms with Crippen molar-refractivity contribution in [3.63, 3.8) is 0 Å². The van der Waals surface area contributed by atoms with Gasteiger partial charge in [-0.2, -0.15) is 0 Å². The van der Waals surface area contributed by atoms with E-state index in [-0.39, 0.29) is 24.0 Å². The molecule has 1 heterocycles. The van der Waals surface area contributed by atoms with Crippen LogP contribution >= 0.6 is 24.0 Å². The number of fused-ring (bicyclic) bond motifs is 1. The van der Waals surface area contributed by atoms with E-state index in [9.17, 15) is 0 Å². The lowest BCUT2D eigenvalue weighted by Gasteiger charge is -2.28. The molecule has 0 amide bonds. The SMILES string of the molecule is CC(CN=C(N(C)C)N(C)C)N1CCc2ccccc21.I. The molecule has 0 saturated carbocycles. The highest BCUT2D eigenvalue weighted by Gasteiger charge is 2.22. The van der Waals surface area contributed by atoms with Crippen molar-refractivity contribution < 1.29 is 0 Å². The molecule has 1 atom stereocenters. The zero-order chi connectivity index (χ0) is 14.7. The van der Waals surface area contributed by atoms with E-state index >= 15 is 0 Å². The number of hydrogen-bond donors (Lipinski definition) is 0. The van der Waals surface area contributed by atoms with Gasteiger partial charge in [-0.25, -0.2) is 0 Å². The summed E-state index contributed by atoms with van der Waals surface area (Å²) in [7, 11) is 8.15. The maximum absolute atomic E-state index is 4.77. The summed E-state index contributed by atoms with van der Waals surface area (Å²) in [5, 5.41) is 0. The molecule has 1 aliphatic rings. The highest BCUT2D eigenvalue weighted by molar-refractivity contribution is 14.0. The third kappa shape index (κ3) is 4.25. The largest absolute Gasteiger partial charge is 0.366 e. The highest BCUT2D eigenvalue weighted by Crippen LogP contribution is 2.29. The van der Waals surface area contributed by atoms with Crippen LogP contribution in [0.15, 0.2) is 29.3 Å². The van der Waals surface area contributed by atoms with Gasteiger partial charge in [0, 0.05) is 46.5 Å². The third-order valence-corrected chi connectivity index (χ3v) is 3.75. The molecule has 118 valence electrons. The van der Waals surface area contributed by atoms with Crippen LogP contribution in [-0.4, -0.2) is 63.1 Å². The Bertz CT molecular complexity index is 475. The number of aliphatic imine (C=N–C) groups is 1. The maximum atomic E-state index is 4.77. The van der Waals surface area contributed by atoms with E-state index < -0.39 is 0 Å². The van der Waals surface area contributed by atoms with Crippen molar-refractivity contribution in [2.75, 3.05) is 46.2 Å². The van der Waals surface area contributed by atoms with E-state index in [2.05, 4.69) is 45.9 Å². The maximum Gasteiger partial charge on any atom is 0.195 e. The molecular formula is C16H27IN4. The Hall–Kier alpha value is -0.980. The molecule has 1 aromatic rings. The summed E-state index contributed by atoms with van der Waals surface area (Å²) >= 11 is 0. The smallest absolute Gasteiger partial charge is 0.195 e. The van der Waals surface area contributed by atoms with Gasteiger partial charge >= 0.3 is 0 Å². The van der Waals surface area contributed by atoms with Crippen LogP contribution in [0.3, 0.4) is 0 Å². The second-order valence-corrected chi connectivity index (χ2v) is 5.85. The van der Waals surface area contributed by atoms with Crippen LogP contribution in [0.4, 0.5) is 5.69 Å². The molecule has 0 aliphatic carbocycles. The van der Waals surface area contributed by atoms with Crippen molar-refractivity contribution in [3.05, 3.63) is 29.8 Å². The predicted molar refractivity (Wildman–Crippen MR) is 102 cm³/mol. The summed E-state index contributed by atoms with van der Waals surface area (Å²) in [4.78, 5) is 11.4. The minimum atomic E-state index is 0. The zero-order valence-electron chi connectivity index (χ0n) is 13.7. The van der Waals surface area contributed by atoms with Gasteiger partial charge in [-0.15, -0.1) is 24.0 Å². The van der Waals surface area contributed by atoms with Crippen LogP contribution in [0.5, 0.6) is 0 Å². The molecule has 0 aromatic heterocycles. The second kappa shape index (κ2) is 7.87. The van der Waals surface area contributed by atoms with Crippen molar-refractivity contribution in [1.29, 1.82) is 0 Å². The van der Waals surface area contributed by atoms with E-state index in [0.717, 1.165) is 25.5 Å². The summed E-state index contributed by atoms with van der Waals surface area (Å²) < 4.78 is 0. The van der Waals surface area contributed by atoms with Gasteiger partial charge in [-0.3, -0.25) is 4.99 Å². The number of rotatable bonds is 3. The lowest BCUT2D eigenvalue weighted by atomic mass is 10.2. The van der Waals surface area contributed by atoms with E-state index in [4.69, 9.17) is 4.99 Å². The molecule has 0 fully saturated rings. The lowest BCUT2D eigenvalue weighted by Crippen LogP contribution is -2.38. The number of guanidine groups is 1. The van der Waals surface area contributed by atoms with Crippen LogP contribution in [0.25, 0.3) is 0 Å². The van der Waals surface area contributed by atoms with E-state index in [1.54, 1.807) is 0 Å². The van der Waals surface area contributed by atoms with Crippen LogP contribution in [0, 0.1) is 0 Å². The molecule has 0 saturated heterocycles. The van der Waals surface area contributed by atoms with Crippen molar-refractivity contribution in [2.45, 2.75) is 19.4 Å². The Morgan fingerprint density at radius 3 is 2.43 bits per heavy atom. The Morgan fingerprint density at radius 1 is 1.19 bits per heavy atom. The number of halogens is 1. The normalized spacial score (nSPS) is 14.0. The standard InChI is InChI=1S/C16H26N4.HI/c1-13(12-17-16(18(2)3)19(4)5)20-11-10-14-8-6-7-9-15(14)20;/h6-9,13H,10-12H2,1-5H3;1H.